The molecule has 166 valence electrons. The van der Waals surface area contributed by atoms with Crippen LogP contribution in [0.2, 0.25) is 5.02 Å². The number of aryl methyl sites for hydroxylation is 2. The minimum absolute atomic E-state index is 0.398. The van der Waals surface area contributed by atoms with E-state index in [4.69, 9.17) is 21.7 Å². The van der Waals surface area contributed by atoms with Crippen LogP contribution in [0.3, 0.4) is 0 Å². The second kappa shape index (κ2) is 7.85. The van der Waals surface area contributed by atoms with Crippen LogP contribution in [0.1, 0.15) is 60.1 Å². The normalized spacial score (nSPS) is 19.5. The Morgan fingerprint density at radius 3 is 2.50 bits per heavy atom. The second-order valence-electron chi connectivity index (χ2n) is 9.62. The van der Waals surface area contributed by atoms with Gasteiger partial charge in [-0.2, -0.15) is 0 Å². The fourth-order valence-corrected chi connectivity index (χ4v) is 5.56. The topological polar surface area (TPSA) is 50.1 Å². The third-order valence-electron chi connectivity index (χ3n) is 7.09. The van der Waals surface area contributed by atoms with Crippen LogP contribution in [0.4, 0.5) is 5.82 Å². The quantitative estimate of drug-likeness (QED) is 0.576. The molecule has 3 aromatic rings. The lowest BCUT2D eigenvalue weighted by atomic mass is 9.95. The molecule has 7 heteroatoms. The first-order chi connectivity index (χ1) is 15.5. The van der Waals surface area contributed by atoms with E-state index in [-0.39, 0.29) is 0 Å². The number of pyridine rings is 1. The maximum Gasteiger partial charge on any atom is 0.151 e. The zero-order valence-corrected chi connectivity index (χ0v) is 19.5. The first-order valence-corrected chi connectivity index (χ1v) is 12.1. The number of anilines is 1. The molecule has 32 heavy (non-hydrogen) atoms. The lowest BCUT2D eigenvalue weighted by molar-refractivity contribution is 0.243. The third kappa shape index (κ3) is 3.69. The maximum absolute atomic E-state index is 6.39. The van der Waals surface area contributed by atoms with Gasteiger partial charge in [0.25, 0.3) is 0 Å². The highest BCUT2D eigenvalue weighted by molar-refractivity contribution is 6.30. The molecule has 6 nitrogen and oxygen atoms in total. The lowest BCUT2D eigenvalue weighted by Gasteiger charge is -2.33. The van der Waals surface area contributed by atoms with Crippen LogP contribution in [0, 0.1) is 13.8 Å². The van der Waals surface area contributed by atoms with Gasteiger partial charge in [0.05, 0.1) is 12.2 Å². The Bertz CT molecular complexity index is 1140. The van der Waals surface area contributed by atoms with Crippen molar-refractivity contribution in [3.8, 4) is 5.69 Å². The molecule has 0 N–H and O–H groups in total. The van der Waals surface area contributed by atoms with Gasteiger partial charge >= 0.3 is 0 Å². The summed E-state index contributed by atoms with van der Waals surface area (Å²) in [6, 6.07) is 11.3. The highest BCUT2D eigenvalue weighted by Gasteiger charge is 2.35. The zero-order chi connectivity index (χ0) is 21.8. The lowest BCUT2D eigenvalue weighted by Crippen LogP contribution is -2.34. The molecule has 0 spiro atoms. The minimum atomic E-state index is 0.398. The summed E-state index contributed by atoms with van der Waals surface area (Å²) in [6.45, 7) is 7.98. The molecule has 2 aliphatic heterocycles. The average Bonchev–Trinajstić information content (AvgIpc) is 3.56. The summed E-state index contributed by atoms with van der Waals surface area (Å²) in [7, 11) is 0. The van der Waals surface area contributed by atoms with Crippen molar-refractivity contribution < 1.29 is 0 Å². The molecule has 2 fully saturated rings. The van der Waals surface area contributed by atoms with Crippen molar-refractivity contribution in [3.05, 3.63) is 63.8 Å². The van der Waals surface area contributed by atoms with Gasteiger partial charge in [-0.3, -0.25) is 9.47 Å². The number of fused-ring (bicyclic) bond motifs is 3. The summed E-state index contributed by atoms with van der Waals surface area (Å²) in [5.41, 5.74) is 4.83. The standard InChI is InChI=1S/C25H29ClN6/c1-16-11-17(2)27-23(12-16)30-9-7-18(8-10-30)25-29-28-24-15-31(21-4-5-21)14-19-13-20(26)3-6-22(19)32(24)25/h3,6,11-13,18,21H,4-5,7-10,14-15H2,1-2H3. The average molecular weight is 449 g/mol. The molecule has 6 rings (SSSR count). The first-order valence-electron chi connectivity index (χ1n) is 11.7. The van der Waals surface area contributed by atoms with Crippen LogP contribution in [0.25, 0.3) is 5.69 Å². The molecule has 1 aliphatic carbocycles. The van der Waals surface area contributed by atoms with Gasteiger partial charge in [0.15, 0.2) is 5.82 Å². The number of hydrogen-bond donors (Lipinski definition) is 0. The monoisotopic (exact) mass is 448 g/mol. The van der Waals surface area contributed by atoms with Crippen molar-refractivity contribution in [2.24, 2.45) is 0 Å². The van der Waals surface area contributed by atoms with Gasteiger partial charge in [0, 0.05) is 42.3 Å². The van der Waals surface area contributed by atoms with Gasteiger partial charge < -0.3 is 4.90 Å². The molecule has 2 aromatic heterocycles. The van der Waals surface area contributed by atoms with E-state index in [9.17, 15) is 0 Å². The minimum Gasteiger partial charge on any atom is -0.357 e. The molecule has 3 aliphatic rings. The van der Waals surface area contributed by atoms with Gasteiger partial charge in [0.1, 0.15) is 11.6 Å². The molecule has 0 bridgehead atoms. The molecule has 4 heterocycles. The molecule has 1 aromatic carbocycles. The van der Waals surface area contributed by atoms with Crippen molar-refractivity contribution in [1.82, 2.24) is 24.6 Å². The molecular formula is C25H29ClN6. The summed E-state index contributed by atoms with van der Waals surface area (Å²) in [5.74, 6) is 3.66. The highest BCUT2D eigenvalue weighted by atomic mass is 35.5. The fraction of sp³-hybridized carbons (Fsp3) is 0.480. The molecule has 1 saturated carbocycles. The van der Waals surface area contributed by atoms with Crippen LogP contribution >= 0.6 is 11.6 Å². The van der Waals surface area contributed by atoms with Crippen LogP contribution in [0.15, 0.2) is 30.3 Å². The summed E-state index contributed by atoms with van der Waals surface area (Å²) in [4.78, 5) is 9.73. The number of halogens is 1. The largest absolute Gasteiger partial charge is 0.357 e. The Kier molecular flexibility index (Phi) is 4.95. The Morgan fingerprint density at radius 2 is 1.75 bits per heavy atom. The SMILES string of the molecule is Cc1cc(C)nc(N2CCC(c3nnc4n3-c3ccc(Cl)cc3CN(C3CC3)C4)CC2)c1. The van der Waals surface area contributed by atoms with E-state index in [0.29, 0.717) is 12.0 Å². The van der Waals surface area contributed by atoms with Gasteiger partial charge in [-0.15, -0.1) is 10.2 Å². The number of nitrogens with zero attached hydrogens (tertiary/aromatic N) is 6. The molecule has 0 radical (unpaired) electrons. The summed E-state index contributed by atoms with van der Waals surface area (Å²) < 4.78 is 2.34. The fourth-order valence-electron chi connectivity index (χ4n) is 5.36. The molecule has 0 amide bonds. The van der Waals surface area contributed by atoms with Crippen molar-refractivity contribution in [1.29, 1.82) is 0 Å². The van der Waals surface area contributed by atoms with E-state index in [2.05, 4.69) is 57.6 Å². The maximum atomic E-state index is 6.39. The predicted octanol–water partition coefficient (Wildman–Crippen LogP) is 4.79. The Hall–Kier alpha value is -2.44. The van der Waals surface area contributed by atoms with E-state index in [0.717, 1.165) is 67.2 Å². The Balaban J connectivity index is 1.30. The number of hydrogen-bond acceptors (Lipinski definition) is 5. The summed E-state index contributed by atoms with van der Waals surface area (Å²) in [6.07, 6.45) is 4.67. The number of piperidine rings is 1. The Morgan fingerprint density at radius 1 is 0.938 bits per heavy atom. The van der Waals surface area contributed by atoms with Gasteiger partial charge in [-0.25, -0.2) is 4.98 Å². The van der Waals surface area contributed by atoms with Crippen molar-refractivity contribution in [3.63, 3.8) is 0 Å². The van der Waals surface area contributed by atoms with E-state index in [1.807, 2.05) is 6.07 Å². The van der Waals surface area contributed by atoms with Crippen LogP contribution < -0.4 is 4.90 Å². The number of benzene rings is 1. The van der Waals surface area contributed by atoms with Crippen molar-refractivity contribution in [2.75, 3.05) is 18.0 Å². The first kappa shape index (κ1) is 20.2. The zero-order valence-electron chi connectivity index (χ0n) is 18.8. The van der Waals surface area contributed by atoms with Gasteiger partial charge in [-0.05, 0) is 81.0 Å². The van der Waals surface area contributed by atoms with E-state index in [1.54, 1.807) is 0 Å². The molecule has 1 saturated heterocycles. The molecular weight excluding hydrogens is 420 g/mol. The Labute approximate surface area is 194 Å². The van der Waals surface area contributed by atoms with E-state index < -0.39 is 0 Å². The van der Waals surface area contributed by atoms with Crippen molar-refractivity contribution >= 4 is 17.4 Å². The molecule has 0 unspecified atom stereocenters. The van der Waals surface area contributed by atoms with Crippen LogP contribution in [-0.2, 0) is 13.1 Å². The van der Waals surface area contributed by atoms with Crippen LogP contribution in [0.5, 0.6) is 0 Å². The number of aromatic nitrogens is 4. The summed E-state index contributed by atoms with van der Waals surface area (Å²) >= 11 is 6.39. The van der Waals surface area contributed by atoms with Gasteiger partial charge in [-0.1, -0.05) is 11.6 Å². The van der Waals surface area contributed by atoms with E-state index >= 15 is 0 Å². The second-order valence-corrected chi connectivity index (χ2v) is 10.1. The predicted molar refractivity (Wildman–Crippen MR) is 127 cm³/mol. The van der Waals surface area contributed by atoms with Crippen LogP contribution in [-0.4, -0.2) is 43.8 Å². The third-order valence-corrected chi connectivity index (χ3v) is 7.32. The summed E-state index contributed by atoms with van der Waals surface area (Å²) in [5, 5.41) is 10.2. The van der Waals surface area contributed by atoms with E-state index in [1.165, 1.54) is 29.7 Å². The van der Waals surface area contributed by atoms with Crippen molar-refractivity contribution in [2.45, 2.75) is 64.6 Å². The smallest absolute Gasteiger partial charge is 0.151 e. The highest BCUT2D eigenvalue weighted by Crippen LogP contribution is 2.37. The molecule has 0 atom stereocenters. The number of rotatable bonds is 3. The van der Waals surface area contributed by atoms with Gasteiger partial charge in [0.2, 0.25) is 0 Å².